The van der Waals surface area contributed by atoms with Gasteiger partial charge in [0.15, 0.2) is 0 Å². The summed E-state index contributed by atoms with van der Waals surface area (Å²) in [6, 6.07) is 18.9. The van der Waals surface area contributed by atoms with E-state index in [2.05, 4.69) is 54.4 Å². The fraction of sp³-hybridized carbons (Fsp3) is 0.133. The number of hydrogen-bond donors (Lipinski definition) is 0. The van der Waals surface area contributed by atoms with E-state index in [1.807, 2.05) is 18.3 Å². The molecule has 1 unspecified atom stereocenters. The van der Waals surface area contributed by atoms with Crippen LogP contribution in [0.4, 0.5) is 5.69 Å². The molecule has 1 aliphatic rings. The molecule has 1 heteroatoms. The molecule has 78 valence electrons. The van der Waals surface area contributed by atoms with Gasteiger partial charge in [0.25, 0.3) is 0 Å². The first-order chi connectivity index (χ1) is 7.81. The zero-order chi connectivity index (χ0) is 11.0. The average Bonchev–Trinajstić information content (AvgIpc) is 2.71. The van der Waals surface area contributed by atoms with Gasteiger partial charge in [0.2, 0.25) is 0 Å². The molecule has 0 radical (unpaired) electrons. The smallest absolute Gasteiger partial charge is 0.0670 e. The van der Waals surface area contributed by atoms with Crippen molar-refractivity contribution in [3.05, 3.63) is 65.7 Å². The summed E-state index contributed by atoms with van der Waals surface area (Å²) in [5.74, 6) is 0. The van der Waals surface area contributed by atoms with Gasteiger partial charge < -0.3 is 0 Å². The molecule has 0 spiro atoms. The summed E-state index contributed by atoms with van der Waals surface area (Å²) in [6.07, 6.45) is 2.05. The Bertz CT molecular complexity index is 542. The summed E-state index contributed by atoms with van der Waals surface area (Å²) in [6.45, 7) is 2.22. The lowest BCUT2D eigenvalue weighted by molar-refractivity contribution is 0.810. The third kappa shape index (κ3) is 1.21. The minimum atomic E-state index is -0.0716. The zero-order valence-electron chi connectivity index (χ0n) is 9.22. The maximum absolute atomic E-state index is 4.50. The Morgan fingerprint density at radius 3 is 2.38 bits per heavy atom. The topological polar surface area (TPSA) is 12.4 Å². The van der Waals surface area contributed by atoms with Gasteiger partial charge in [0.1, 0.15) is 0 Å². The van der Waals surface area contributed by atoms with Gasteiger partial charge in [-0.3, -0.25) is 4.99 Å². The van der Waals surface area contributed by atoms with Gasteiger partial charge in [-0.15, -0.1) is 0 Å². The molecule has 0 aromatic heterocycles. The highest BCUT2D eigenvalue weighted by Crippen LogP contribution is 2.40. The summed E-state index contributed by atoms with van der Waals surface area (Å²) in [5.41, 5.74) is 3.61. The van der Waals surface area contributed by atoms with E-state index >= 15 is 0 Å². The quantitative estimate of drug-likeness (QED) is 0.676. The highest BCUT2D eigenvalue weighted by atomic mass is 14.8. The lowest BCUT2D eigenvalue weighted by Crippen LogP contribution is -2.22. The van der Waals surface area contributed by atoms with Gasteiger partial charge in [0.05, 0.1) is 11.1 Å². The van der Waals surface area contributed by atoms with Crippen LogP contribution in [0.3, 0.4) is 0 Å². The summed E-state index contributed by atoms with van der Waals surface area (Å²) in [4.78, 5) is 4.50. The van der Waals surface area contributed by atoms with Crippen LogP contribution in [0.1, 0.15) is 18.1 Å². The third-order valence-corrected chi connectivity index (χ3v) is 3.30. The molecule has 2 aromatic carbocycles. The second kappa shape index (κ2) is 3.31. The van der Waals surface area contributed by atoms with E-state index in [1.54, 1.807) is 0 Å². The fourth-order valence-electron chi connectivity index (χ4n) is 2.31. The molecule has 1 heterocycles. The maximum Gasteiger partial charge on any atom is 0.0670 e. The molecule has 0 N–H and O–H groups in total. The van der Waals surface area contributed by atoms with E-state index in [4.69, 9.17) is 0 Å². The van der Waals surface area contributed by atoms with E-state index in [-0.39, 0.29) is 5.41 Å². The van der Waals surface area contributed by atoms with Crippen molar-refractivity contribution in [2.24, 2.45) is 4.99 Å². The largest absolute Gasteiger partial charge is 0.260 e. The van der Waals surface area contributed by atoms with Gasteiger partial charge in [-0.2, -0.15) is 0 Å². The highest BCUT2D eigenvalue weighted by Gasteiger charge is 2.32. The second-order valence-electron chi connectivity index (χ2n) is 4.34. The van der Waals surface area contributed by atoms with Crippen LogP contribution in [-0.2, 0) is 5.41 Å². The van der Waals surface area contributed by atoms with Crippen molar-refractivity contribution in [2.75, 3.05) is 0 Å². The maximum atomic E-state index is 4.50. The summed E-state index contributed by atoms with van der Waals surface area (Å²) in [5, 5.41) is 0. The number of nitrogens with zero attached hydrogens (tertiary/aromatic N) is 1. The lowest BCUT2D eigenvalue weighted by Gasteiger charge is -2.22. The summed E-state index contributed by atoms with van der Waals surface area (Å²) in [7, 11) is 0. The number of para-hydroxylation sites is 1. The third-order valence-electron chi connectivity index (χ3n) is 3.30. The molecule has 1 aliphatic heterocycles. The van der Waals surface area contributed by atoms with Crippen LogP contribution in [0.5, 0.6) is 0 Å². The van der Waals surface area contributed by atoms with Crippen LogP contribution in [0, 0.1) is 0 Å². The average molecular weight is 207 g/mol. The first-order valence-corrected chi connectivity index (χ1v) is 5.51. The van der Waals surface area contributed by atoms with E-state index in [1.165, 1.54) is 11.1 Å². The molecule has 0 bridgehead atoms. The predicted molar refractivity (Wildman–Crippen MR) is 67.5 cm³/mol. The van der Waals surface area contributed by atoms with Gasteiger partial charge in [-0.1, -0.05) is 48.5 Å². The number of hydrogen-bond acceptors (Lipinski definition) is 1. The van der Waals surface area contributed by atoms with Crippen LogP contribution in [-0.4, -0.2) is 6.21 Å². The van der Waals surface area contributed by atoms with Gasteiger partial charge in [-0.25, -0.2) is 0 Å². The van der Waals surface area contributed by atoms with Crippen LogP contribution < -0.4 is 0 Å². The molecule has 0 saturated heterocycles. The Morgan fingerprint density at radius 1 is 0.875 bits per heavy atom. The van der Waals surface area contributed by atoms with E-state index in [9.17, 15) is 0 Å². The Labute approximate surface area is 95.5 Å². The van der Waals surface area contributed by atoms with Gasteiger partial charge >= 0.3 is 0 Å². The van der Waals surface area contributed by atoms with E-state index < -0.39 is 0 Å². The molecule has 0 aliphatic carbocycles. The molecule has 1 nitrogen and oxygen atoms in total. The monoisotopic (exact) mass is 207 g/mol. The number of benzene rings is 2. The Balaban J connectivity index is 2.19. The van der Waals surface area contributed by atoms with Crippen LogP contribution in [0.15, 0.2) is 59.6 Å². The van der Waals surface area contributed by atoms with Crippen molar-refractivity contribution in [3.8, 4) is 0 Å². The molecule has 3 rings (SSSR count). The predicted octanol–water partition coefficient (Wildman–Crippen LogP) is 3.71. The Hall–Kier alpha value is -1.89. The van der Waals surface area contributed by atoms with Crippen LogP contribution in [0.2, 0.25) is 0 Å². The molecule has 16 heavy (non-hydrogen) atoms. The van der Waals surface area contributed by atoms with Crippen molar-refractivity contribution >= 4 is 11.9 Å². The minimum Gasteiger partial charge on any atom is -0.260 e. The SMILES string of the molecule is CC1(c2ccccc2)C=Nc2ccccc21. The minimum absolute atomic E-state index is 0.0716. The van der Waals surface area contributed by atoms with Crippen molar-refractivity contribution in [3.63, 3.8) is 0 Å². The summed E-state index contributed by atoms with van der Waals surface area (Å²) >= 11 is 0. The number of fused-ring (bicyclic) bond motifs is 1. The Morgan fingerprint density at radius 2 is 1.56 bits per heavy atom. The highest BCUT2D eigenvalue weighted by molar-refractivity contribution is 5.88. The normalized spacial score (nSPS) is 22.1. The first-order valence-electron chi connectivity index (χ1n) is 5.51. The standard InChI is InChI=1S/C15H13N/c1-15(12-7-3-2-4-8-12)11-16-14-10-6-5-9-13(14)15/h2-11H,1H3. The second-order valence-corrected chi connectivity index (χ2v) is 4.34. The van der Waals surface area contributed by atoms with Crippen molar-refractivity contribution in [2.45, 2.75) is 12.3 Å². The zero-order valence-corrected chi connectivity index (χ0v) is 9.22. The van der Waals surface area contributed by atoms with E-state index in [0.717, 1.165) is 5.69 Å². The van der Waals surface area contributed by atoms with Gasteiger partial charge in [-0.05, 0) is 24.1 Å². The molecule has 0 saturated carbocycles. The van der Waals surface area contributed by atoms with Crippen molar-refractivity contribution in [1.82, 2.24) is 0 Å². The van der Waals surface area contributed by atoms with Gasteiger partial charge in [0, 0.05) is 6.21 Å². The van der Waals surface area contributed by atoms with Crippen LogP contribution in [0.25, 0.3) is 0 Å². The number of aliphatic imine (C=N–C) groups is 1. The summed E-state index contributed by atoms with van der Waals surface area (Å²) < 4.78 is 0. The number of rotatable bonds is 1. The fourth-order valence-corrected chi connectivity index (χ4v) is 2.31. The van der Waals surface area contributed by atoms with Crippen molar-refractivity contribution < 1.29 is 0 Å². The lowest BCUT2D eigenvalue weighted by atomic mass is 9.78. The molecular weight excluding hydrogens is 194 g/mol. The van der Waals surface area contributed by atoms with Crippen molar-refractivity contribution in [1.29, 1.82) is 0 Å². The molecule has 2 aromatic rings. The van der Waals surface area contributed by atoms with Crippen LogP contribution >= 0.6 is 0 Å². The molecule has 1 atom stereocenters. The molecule has 0 amide bonds. The first kappa shape index (κ1) is 9.34. The Kier molecular flexibility index (Phi) is 1.93. The van der Waals surface area contributed by atoms with E-state index in [0.29, 0.717) is 0 Å². The molecular formula is C15H13N. The molecule has 0 fully saturated rings.